The number of hydrogen-bond acceptors (Lipinski definition) is 4. The third-order valence-corrected chi connectivity index (χ3v) is 2.22. The van der Waals surface area contributed by atoms with Crippen molar-refractivity contribution in [1.82, 2.24) is 4.90 Å². The highest BCUT2D eigenvalue weighted by Gasteiger charge is 2.34. The number of fused-ring (bicyclic) bond motifs is 1. The third kappa shape index (κ3) is 1.42. The highest BCUT2D eigenvalue weighted by Crippen LogP contribution is 2.22. The van der Waals surface area contributed by atoms with Crippen LogP contribution in [0.2, 0.25) is 0 Å². The molecular weight excluding hydrogens is 184 g/mol. The second-order valence-electron chi connectivity index (χ2n) is 3.17. The van der Waals surface area contributed by atoms with Crippen molar-refractivity contribution in [2.24, 2.45) is 4.99 Å². The fourth-order valence-electron chi connectivity index (χ4n) is 1.58. The number of aliphatic hydroxyl groups excluding tert-OH is 1. The molecular formula is C9H10N2O3. The number of amidine groups is 1. The van der Waals surface area contributed by atoms with Crippen molar-refractivity contribution in [3.05, 3.63) is 24.4 Å². The maximum absolute atomic E-state index is 10.5. The molecule has 14 heavy (non-hydrogen) atoms. The van der Waals surface area contributed by atoms with E-state index in [1.807, 2.05) is 0 Å². The van der Waals surface area contributed by atoms with Gasteiger partial charge in [0.15, 0.2) is 6.23 Å². The van der Waals surface area contributed by atoms with Gasteiger partial charge in [0.05, 0.1) is 12.5 Å². The first-order chi connectivity index (χ1) is 6.68. The zero-order valence-electron chi connectivity index (χ0n) is 7.37. The Morgan fingerprint density at radius 3 is 3.07 bits per heavy atom. The Kier molecular flexibility index (Phi) is 2.09. The van der Waals surface area contributed by atoms with Crippen molar-refractivity contribution in [3.63, 3.8) is 0 Å². The topological polar surface area (TPSA) is 73.1 Å². The minimum Gasteiger partial charge on any atom is -0.481 e. The number of hydrogen-bond donors (Lipinski definition) is 2. The summed E-state index contributed by atoms with van der Waals surface area (Å²) in [4.78, 5) is 16.2. The number of carboxylic acid groups (broad SMARTS) is 1. The summed E-state index contributed by atoms with van der Waals surface area (Å²) in [5.41, 5.74) is 0. The van der Waals surface area contributed by atoms with Crippen molar-refractivity contribution in [3.8, 4) is 0 Å². The van der Waals surface area contributed by atoms with Crippen LogP contribution in [-0.2, 0) is 4.79 Å². The van der Waals surface area contributed by atoms with Crippen molar-refractivity contribution >= 4 is 11.8 Å². The zero-order valence-corrected chi connectivity index (χ0v) is 7.37. The van der Waals surface area contributed by atoms with Gasteiger partial charge >= 0.3 is 5.97 Å². The molecule has 0 aromatic rings. The Labute approximate surface area is 80.7 Å². The lowest BCUT2D eigenvalue weighted by atomic mass is 10.1. The summed E-state index contributed by atoms with van der Waals surface area (Å²) in [6.07, 6.45) is 5.98. The maximum Gasteiger partial charge on any atom is 0.305 e. The van der Waals surface area contributed by atoms with Gasteiger partial charge in [-0.1, -0.05) is 6.08 Å². The van der Waals surface area contributed by atoms with Gasteiger partial charge in [0.25, 0.3) is 0 Å². The second kappa shape index (κ2) is 3.26. The van der Waals surface area contributed by atoms with Gasteiger partial charge in [-0.2, -0.15) is 0 Å². The molecule has 0 aromatic carbocycles. The van der Waals surface area contributed by atoms with Crippen LogP contribution in [0, 0.1) is 0 Å². The molecule has 2 aliphatic heterocycles. The number of nitrogens with zero attached hydrogens (tertiary/aromatic N) is 2. The summed E-state index contributed by atoms with van der Waals surface area (Å²) in [7, 11) is 0. The molecule has 5 heteroatoms. The number of aliphatic hydroxyl groups is 1. The first kappa shape index (κ1) is 8.96. The van der Waals surface area contributed by atoms with Crippen molar-refractivity contribution in [2.45, 2.75) is 18.7 Å². The van der Waals surface area contributed by atoms with E-state index in [2.05, 4.69) is 4.99 Å². The maximum atomic E-state index is 10.5. The summed E-state index contributed by atoms with van der Waals surface area (Å²) in [5, 5.41) is 18.2. The molecule has 0 radical (unpaired) electrons. The van der Waals surface area contributed by atoms with Crippen LogP contribution >= 0.6 is 0 Å². The van der Waals surface area contributed by atoms with Crippen LogP contribution in [0.1, 0.15) is 6.42 Å². The standard InChI is InChI=1S/C9H10N2O3/c12-8(13)5-6-9(14)10-7-3-1-2-4-11(6)7/h1-4,6,9,14H,5H2,(H,12,13). The molecule has 0 saturated carbocycles. The van der Waals surface area contributed by atoms with E-state index in [0.717, 1.165) is 0 Å². The normalized spacial score (nSPS) is 28.9. The highest BCUT2D eigenvalue weighted by atomic mass is 16.4. The fraction of sp³-hybridized carbons (Fsp3) is 0.333. The quantitative estimate of drug-likeness (QED) is 0.646. The first-order valence-corrected chi connectivity index (χ1v) is 4.29. The summed E-state index contributed by atoms with van der Waals surface area (Å²) in [6, 6.07) is -0.483. The van der Waals surface area contributed by atoms with Gasteiger partial charge in [0, 0.05) is 6.20 Å². The van der Waals surface area contributed by atoms with Gasteiger partial charge in [0.2, 0.25) is 0 Å². The monoisotopic (exact) mass is 194 g/mol. The van der Waals surface area contributed by atoms with Gasteiger partial charge in [-0.05, 0) is 12.2 Å². The third-order valence-electron chi connectivity index (χ3n) is 2.22. The Morgan fingerprint density at radius 1 is 1.57 bits per heavy atom. The molecule has 0 fully saturated rings. The molecule has 0 bridgehead atoms. The molecule has 5 nitrogen and oxygen atoms in total. The van der Waals surface area contributed by atoms with Gasteiger partial charge in [-0.3, -0.25) is 4.79 Å². The smallest absolute Gasteiger partial charge is 0.305 e. The van der Waals surface area contributed by atoms with Crippen LogP contribution < -0.4 is 0 Å². The van der Waals surface area contributed by atoms with Crippen molar-refractivity contribution < 1.29 is 15.0 Å². The van der Waals surface area contributed by atoms with E-state index in [-0.39, 0.29) is 6.42 Å². The molecule has 2 rings (SSSR count). The SMILES string of the molecule is O=C(O)CC1C(O)N=C2C=CC=CN21. The Balaban J connectivity index is 2.18. The van der Waals surface area contributed by atoms with Gasteiger partial charge < -0.3 is 15.1 Å². The van der Waals surface area contributed by atoms with E-state index in [4.69, 9.17) is 5.11 Å². The van der Waals surface area contributed by atoms with E-state index >= 15 is 0 Å². The molecule has 0 aliphatic carbocycles. The number of carbonyl (C=O) groups is 1. The number of carboxylic acids is 1. The second-order valence-corrected chi connectivity index (χ2v) is 3.17. The van der Waals surface area contributed by atoms with Crippen molar-refractivity contribution in [2.75, 3.05) is 0 Å². The molecule has 2 heterocycles. The largest absolute Gasteiger partial charge is 0.481 e. The van der Waals surface area contributed by atoms with Gasteiger partial charge in [0.1, 0.15) is 5.84 Å². The molecule has 74 valence electrons. The number of aliphatic imine (C=N–C) groups is 1. The van der Waals surface area contributed by atoms with Gasteiger partial charge in [-0.15, -0.1) is 0 Å². The predicted molar refractivity (Wildman–Crippen MR) is 49.6 cm³/mol. The lowest BCUT2D eigenvalue weighted by molar-refractivity contribution is -0.138. The number of allylic oxidation sites excluding steroid dienone is 2. The molecule has 2 N–H and O–H groups in total. The molecule has 0 saturated heterocycles. The van der Waals surface area contributed by atoms with E-state index in [0.29, 0.717) is 5.84 Å². The van der Waals surface area contributed by atoms with E-state index in [9.17, 15) is 9.90 Å². The summed E-state index contributed by atoms with van der Waals surface area (Å²) < 4.78 is 0. The molecule has 2 unspecified atom stereocenters. The molecule has 2 aliphatic rings. The minimum absolute atomic E-state index is 0.119. The van der Waals surface area contributed by atoms with Crippen molar-refractivity contribution in [1.29, 1.82) is 0 Å². The van der Waals surface area contributed by atoms with Crippen LogP contribution in [0.4, 0.5) is 0 Å². The Morgan fingerprint density at radius 2 is 2.36 bits per heavy atom. The van der Waals surface area contributed by atoms with Crippen LogP contribution in [-0.4, -0.2) is 39.2 Å². The number of rotatable bonds is 2. The lowest BCUT2D eigenvalue weighted by Crippen LogP contribution is -2.37. The van der Waals surface area contributed by atoms with Crippen LogP contribution in [0.3, 0.4) is 0 Å². The van der Waals surface area contributed by atoms with Gasteiger partial charge in [-0.25, -0.2) is 4.99 Å². The average Bonchev–Trinajstić information content (AvgIpc) is 2.43. The van der Waals surface area contributed by atoms with Crippen LogP contribution in [0.5, 0.6) is 0 Å². The van der Waals surface area contributed by atoms with E-state index in [1.165, 1.54) is 0 Å². The van der Waals surface area contributed by atoms with Crippen LogP contribution in [0.15, 0.2) is 29.4 Å². The molecule has 0 aromatic heterocycles. The summed E-state index contributed by atoms with van der Waals surface area (Å²) >= 11 is 0. The van der Waals surface area contributed by atoms with E-state index < -0.39 is 18.2 Å². The lowest BCUT2D eigenvalue weighted by Gasteiger charge is -2.24. The first-order valence-electron chi connectivity index (χ1n) is 4.29. The summed E-state index contributed by atoms with van der Waals surface area (Å²) in [6.45, 7) is 0. The molecule has 0 spiro atoms. The number of aliphatic carboxylic acids is 1. The average molecular weight is 194 g/mol. The zero-order chi connectivity index (χ0) is 10.1. The summed E-state index contributed by atoms with van der Waals surface area (Å²) in [5.74, 6) is -0.320. The fourth-order valence-corrected chi connectivity index (χ4v) is 1.58. The van der Waals surface area contributed by atoms with E-state index in [1.54, 1.807) is 29.3 Å². The predicted octanol–water partition coefficient (Wildman–Crippen LogP) is -0.0543. The Hall–Kier alpha value is -1.62. The Bertz CT molecular complexity index is 346. The van der Waals surface area contributed by atoms with Crippen LogP contribution in [0.25, 0.3) is 0 Å². The minimum atomic E-state index is -0.950. The molecule has 0 amide bonds. The highest BCUT2D eigenvalue weighted by molar-refractivity contribution is 5.96. The molecule has 2 atom stereocenters.